The van der Waals surface area contributed by atoms with Gasteiger partial charge in [0.15, 0.2) is 0 Å². The average Bonchev–Trinajstić information content (AvgIpc) is 2.95. The molecule has 31 heavy (non-hydrogen) atoms. The number of rotatable bonds is 8. The third kappa shape index (κ3) is 4.96. The van der Waals surface area contributed by atoms with Crippen LogP contribution in [0.3, 0.4) is 0 Å². The minimum atomic E-state index is -1.14. The number of carbonyl (C=O) groups is 3. The minimum Gasteiger partial charge on any atom is -0.496 e. The van der Waals surface area contributed by atoms with E-state index in [2.05, 4.69) is 10.6 Å². The lowest BCUT2D eigenvalue weighted by Gasteiger charge is -2.22. The highest BCUT2D eigenvalue weighted by Gasteiger charge is 2.48. The summed E-state index contributed by atoms with van der Waals surface area (Å²) in [7, 11) is 5.47. The van der Waals surface area contributed by atoms with E-state index < -0.39 is 23.4 Å². The van der Waals surface area contributed by atoms with E-state index in [1.807, 2.05) is 61.5 Å². The van der Waals surface area contributed by atoms with Gasteiger partial charge in [-0.15, -0.1) is 0 Å². The van der Waals surface area contributed by atoms with Gasteiger partial charge in [0.25, 0.3) is 5.91 Å². The molecule has 1 atom stereocenters. The predicted octanol–water partition coefficient (Wildman–Crippen LogP) is 1.93. The zero-order valence-electron chi connectivity index (χ0n) is 18.3. The van der Waals surface area contributed by atoms with Gasteiger partial charge < -0.3 is 20.3 Å². The second-order valence-electron chi connectivity index (χ2n) is 7.98. The van der Waals surface area contributed by atoms with Gasteiger partial charge in [0.05, 0.1) is 7.11 Å². The van der Waals surface area contributed by atoms with Gasteiger partial charge in [0.1, 0.15) is 17.8 Å². The third-order valence-corrected chi connectivity index (χ3v) is 5.33. The Kier molecular flexibility index (Phi) is 6.48. The van der Waals surface area contributed by atoms with E-state index in [4.69, 9.17) is 4.74 Å². The fourth-order valence-electron chi connectivity index (χ4n) is 3.55. The lowest BCUT2D eigenvalue weighted by atomic mass is 9.92. The molecule has 2 aromatic rings. The molecule has 0 aromatic heterocycles. The Morgan fingerprint density at radius 3 is 2.45 bits per heavy atom. The molecule has 2 N–H and O–H groups in total. The lowest BCUT2D eigenvalue weighted by Crippen LogP contribution is -2.46. The van der Waals surface area contributed by atoms with Crippen molar-refractivity contribution < 1.29 is 19.1 Å². The van der Waals surface area contributed by atoms with Gasteiger partial charge in [0.2, 0.25) is 5.91 Å². The van der Waals surface area contributed by atoms with Crippen LogP contribution >= 0.6 is 0 Å². The summed E-state index contributed by atoms with van der Waals surface area (Å²) in [5, 5.41) is 5.49. The van der Waals surface area contributed by atoms with E-state index in [0.717, 1.165) is 21.7 Å². The summed E-state index contributed by atoms with van der Waals surface area (Å²) < 4.78 is 5.34. The lowest BCUT2D eigenvalue weighted by molar-refractivity contribution is -0.134. The Hall–Kier alpha value is -3.55. The molecule has 0 radical (unpaired) electrons. The third-order valence-electron chi connectivity index (χ3n) is 5.33. The number of imide groups is 1. The summed E-state index contributed by atoms with van der Waals surface area (Å²) in [6.07, 6.45) is 0.262. The first kappa shape index (κ1) is 22.1. The summed E-state index contributed by atoms with van der Waals surface area (Å²) >= 11 is 0. The number of methoxy groups -OCH3 is 1. The van der Waals surface area contributed by atoms with E-state index in [9.17, 15) is 14.4 Å². The number of benzene rings is 2. The van der Waals surface area contributed by atoms with Crippen molar-refractivity contribution in [1.82, 2.24) is 15.5 Å². The standard InChI is InChI=1S/C23H28N4O4/c1-23(13-17-7-5-6-8-19(17)31-4)21(29)27(22(30)25-23)15-20(28)24-14-16-9-11-18(12-10-16)26(2)3/h5-12H,13-15H2,1-4H3,(H,24,28)(H,25,30)/t23-/m0/s1. The summed E-state index contributed by atoms with van der Waals surface area (Å²) in [5.74, 6) is -0.196. The quantitative estimate of drug-likeness (QED) is 0.632. The summed E-state index contributed by atoms with van der Waals surface area (Å²) in [4.78, 5) is 40.7. The zero-order valence-corrected chi connectivity index (χ0v) is 18.3. The van der Waals surface area contributed by atoms with Crippen LogP contribution in [0.2, 0.25) is 0 Å². The topological polar surface area (TPSA) is 91.0 Å². The summed E-state index contributed by atoms with van der Waals surface area (Å²) in [5.41, 5.74) is 1.64. The van der Waals surface area contributed by atoms with Crippen molar-refractivity contribution in [2.24, 2.45) is 0 Å². The molecular formula is C23H28N4O4. The maximum absolute atomic E-state index is 13.0. The molecule has 3 rings (SSSR count). The first-order valence-corrected chi connectivity index (χ1v) is 10.0. The van der Waals surface area contributed by atoms with Crippen LogP contribution in [0.5, 0.6) is 5.75 Å². The molecular weight excluding hydrogens is 396 g/mol. The molecule has 8 nitrogen and oxygen atoms in total. The number of nitrogens with one attached hydrogen (secondary N) is 2. The Balaban J connectivity index is 1.60. The number of para-hydroxylation sites is 1. The van der Waals surface area contributed by atoms with Crippen LogP contribution in [0.25, 0.3) is 0 Å². The number of urea groups is 1. The van der Waals surface area contributed by atoms with E-state index in [0.29, 0.717) is 12.3 Å². The Labute approximate surface area is 182 Å². The number of hydrogen-bond acceptors (Lipinski definition) is 5. The van der Waals surface area contributed by atoms with Crippen LogP contribution in [0.4, 0.5) is 10.5 Å². The SMILES string of the molecule is COc1ccccc1C[C@]1(C)NC(=O)N(CC(=O)NCc2ccc(N(C)C)cc2)C1=O. The number of nitrogens with zero attached hydrogens (tertiary/aromatic N) is 2. The molecule has 8 heteroatoms. The second-order valence-corrected chi connectivity index (χ2v) is 7.98. The molecule has 1 aliphatic heterocycles. The smallest absolute Gasteiger partial charge is 0.325 e. The van der Waals surface area contributed by atoms with Crippen LogP contribution in [-0.4, -0.2) is 56.0 Å². The molecule has 2 aromatic carbocycles. The summed E-state index contributed by atoms with van der Waals surface area (Å²) in [6.45, 7) is 1.64. The van der Waals surface area contributed by atoms with Crippen molar-refractivity contribution in [3.8, 4) is 5.75 Å². The van der Waals surface area contributed by atoms with Gasteiger partial charge in [-0.2, -0.15) is 0 Å². The molecule has 1 fully saturated rings. The first-order chi connectivity index (χ1) is 14.7. The Bertz CT molecular complexity index is 974. The fraction of sp³-hybridized carbons (Fsp3) is 0.348. The number of hydrogen-bond donors (Lipinski definition) is 2. The van der Waals surface area contributed by atoms with Gasteiger partial charge in [-0.3, -0.25) is 14.5 Å². The highest BCUT2D eigenvalue weighted by atomic mass is 16.5. The van der Waals surface area contributed by atoms with E-state index >= 15 is 0 Å². The van der Waals surface area contributed by atoms with Crippen LogP contribution in [0.15, 0.2) is 48.5 Å². The van der Waals surface area contributed by atoms with Gasteiger partial charge in [-0.1, -0.05) is 30.3 Å². The maximum atomic E-state index is 13.0. The van der Waals surface area contributed by atoms with Crippen LogP contribution < -0.4 is 20.3 Å². The minimum absolute atomic E-state index is 0.262. The number of ether oxygens (including phenoxy) is 1. The maximum Gasteiger partial charge on any atom is 0.325 e. The predicted molar refractivity (Wildman–Crippen MR) is 118 cm³/mol. The second kappa shape index (κ2) is 9.07. The van der Waals surface area contributed by atoms with Gasteiger partial charge in [0, 0.05) is 32.7 Å². The van der Waals surface area contributed by atoms with Crippen molar-refractivity contribution in [3.63, 3.8) is 0 Å². The van der Waals surface area contributed by atoms with Gasteiger partial charge >= 0.3 is 6.03 Å². The highest BCUT2D eigenvalue weighted by molar-refractivity contribution is 6.09. The zero-order chi connectivity index (χ0) is 22.6. The highest BCUT2D eigenvalue weighted by Crippen LogP contribution is 2.27. The molecule has 0 unspecified atom stereocenters. The average molecular weight is 425 g/mol. The van der Waals surface area contributed by atoms with Crippen molar-refractivity contribution in [3.05, 3.63) is 59.7 Å². The van der Waals surface area contributed by atoms with Crippen molar-refractivity contribution in [2.45, 2.75) is 25.4 Å². The number of anilines is 1. The Morgan fingerprint density at radius 2 is 1.81 bits per heavy atom. The molecule has 4 amide bonds. The Morgan fingerprint density at radius 1 is 1.13 bits per heavy atom. The van der Waals surface area contributed by atoms with Gasteiger partial charge in [-0.25, -0.2) is 4.79 Å². The van der Waals surface area contributed by atoms with Crippen molar-refractivity contribution in [2.75, 3.05) is 32.6 Å². The molecule has 0 spiro atoms. The fourth-order valence-corrected chi connectivity index (χ4v) is 3.55. The molecule has 0 bridgehead atoms. The van der Waals surface area contributed by atoms with Crippen molar-refractivity contribution >= 4 is 23.5 Å². The molecule has 164 valence electrons. The van der Waals surface area contributed by atoms with Crippen LogP contribution in [-0.2, 0) is 22.6 Å². The molecule has 0 saturated carbocycles. The largest absolute Gasteiger partial charge is 0.496 e. The number of carbonyl (C=O) groups excluding carboxylic acids is 3. The van der Waals surface area contributed by atoms with E-state index in [-0.39, 0.29) is 13.0 Å². The van der Waals surface area contributed by atoms with E-state index in [1.54, 1.807) is 20.1 Å². The monoisotopic (exact) mass is 424 g/mol. The summed E-state index contributed by atoms with van der Waals surface area (Å²) in [6, 6.07) is 14.5. The molecule has 1 aliphatic rings. The van der Waals surface area contributed by atoms with E-state index in [1.165, 1.54) is 0 Å². The van der Waals surface area contributed by atoms with Crippen LogP contribution in [0.1, 0.15) is 18.1 Å². The molecule has 1 heterocycles. The molecule has 1 saturated heterocycles. The van der Waals surface area contributed by atoms with Crippen LogP contribution in [0, 0.1) is 0 Å². The molecule has 0 aliphatic carbocycles. The number of amides is 4. The normalized spacial score (nSPS) is 18.0. The van der Waals surface area contributed by atoms with Gasteiger partial charge in [-0.05, 0) is 36.2 Å². The first-order valence-electron chi connectivity index (χ1n) is 10.0. The van der Waals surface area contributed by atoms with Crippen molar-refractivity contribution in [1.29, 1.82) is 0 Å².